The molecule has 1 amide bonds. The van der Waals surface area contributed by atoms with Crippen LogP contribution in [0.15, 0.2) is 102 Å². The fourth-order valence-electron chi connectivity index (χ4n) is 5.07. The fraction of sp³-hybridized carbons (Fsp3) is 0.129. The molecule has 0 spiro atoms. The van der Waals surface area contributed by atoms with E-state index in [1.54, 1.807) is 18.3 Å². The van der Waals surface area contributed by atoms with E-state index >= 15 is 0 Å². The van der Waals surface area contributed by atoms with Gasteiger partial charge in [0.1, 0.15) is 17.6 Å². The van der Waals surface area contributed by atoms with Crippen LogP contribution in [0.25, 0.3) is 22.1 Å². The summed E-state index contributed by atoms with van der Waals surface area (Å²) in [6.07, 6.45) is 1.98. The smallest absolute Gasteiger partial charge is 0.226 e. The van der Waals surface area contributed by atoms with Gasteiger partial charge in [-0.2, -0.15) is 0 Å². The lowest BCUT2D eigenvalue weighted by Gasteiger charge is -2.26. The van der Waals surface area contributed by atoms with Crippen molar-refractivity contribution in [1.29, 1.82) is 0 Å². The summed E-state index contributed by atoms with van der Waals surface area (Å²) in [5.74, 6) is 1.19. The molecule has 3 aromatic carbocycles. The Kier molecular flexibility index (Phi) is 7.43. The third-order valence-corrected chi connectivity index (χ3v) is 7.86. The number of amides is 1. The fourth-order valence-corrected chi connectivity index (χ4v) is 5.90. The Morgan fingerprint density at radius 1 is 1.00 bits per heavy atom. The van der Waals surface area contributed by atoms with Gasteiger partial charge in [0, 0.05) is 40.8 Å². The minimum absolute atomic E-state index is 0.104. The van der Waals surface area contributed by atoms with Crippen molar-refractivity contribution < 1.29 is 9.21 Å². The highest BCUT2D eigenvalue weighted by Gasteiger charge is 2.41. The number of anilines is 1. The van der Waals surface area contributed by atoms with Gasteiger partial charge >= 0.3 is 0 Å². The summed E-state index contributed by atoms with van der Waals surface area (Å²) in [6, 6.07) is 28.1. The molecule has 2 aromatic heterocycles. The third-order valence-electron chi connectivity index (χ3n) is 6.96. The van der Waals surface area contributed by atoms with Crippen molar-refractivity contribution in [2.24, 2.45) is 0 Å². The van der Waals surface area contributed by atoms with Crippen LogP contribution in [-0.4, -0.2) is 27.4 Å². The van der Waals surface area contributed by atoms with Gasteiger partial charge in [0.2, 0.25) is 5.91 Å². The summed E-state index contributed by atoms with van der Waals surface area (Å²) in [5.41, 5.74) is 2.34. The quantitative estimate of drug-likeness (QED) is 0.189. The van der Waals surface area contributed by atoms with Gasteiger partial charge in [-0.1, -0.05) is 65.7 Å². The Morgan fingerprint density at radius 3 is 2.65 bits per heavy atom. The third kappa shape index (κ3) is 5.28. The molecule has 0 radical (unpaired) electrons. The second-order valence-electron chi connectivity index (χ2n) is 9.47. The average molecular weight is 588 g/mol. The number of fused-ring (bicyclic) bond motifs is 1. The molecule has 0 aliphatic carbocycles. The summed E-state index contributed by atoms with van der Waals surface area (Å²) in [5, 5.41) is 10.1. The molecule has 6 rings (SSSR count). The number of benzene rings is 3. The number of carbonyl (C=O) groups is 1. The molecular weight excluding hydrogens is 563 g/mol. The van der Waals surface area contributed by atoms with Gasteiger partial charge in [-0.25, -0.2) is 0 Å². The van der Waals surface area contributed by atoms with Crippen molar-refractivity contribution in [3.63, 3.8) is 0 Å². The molecule has 5 aromatic rings. The Hall–Kier alpha value is -3.91. The first-order valence-electron chi connectivity index (χ1n) is 12.8. The highest BCUT2D eigenvalue weighted by molar-refractivity contribution is 7.80. The predicted octanol–water partition coefficient (Wildman–Crippen LogP) is 7.80. The number of aromatic nitrogens is 1. The van der Waals surface area contributed by atoms with Crippen molar-refractivity contribution in [1.82, 2.24) is 15.2 Å². The molecule has 0 unspecified atom stereocenters. The van der Waals surface area contributed by atoms with E-state index in [1.807, 2.05) is 83.8 Å². The van der Waals surface area contributed by atoms with E-state index < -0.39 is 0 Å². The molecule has 2 atom stereocenters. The lowest BCUT2D eigenvalue weighted by atomic mass is 10.0. The largest absolute Gasteiger partial charge is 0.459 e. The summed E-state index contributed by atoms with van der Waals surface area (Å²) >= 11 is 18.3. The molecule has 40 heavy (non-hydrogen) atoms. The molecule has 1 fully saturated rings. The maximum absolute atomic E-state index is 13.1. The Morgan fingerprint density at radius 2 is 1.82 bits per heavy atom. The van der Waals surface area contributed by atoms with Crippen LogP contribution >= 0.6 is 35.4 Å². The van der Waals surface area contributed by atoms with Crippen molar-refractivity contribution in [2.45, 2.75) is 18.5 Å². The minimum Gasteiger partial charge on any atom is -0.459 e. The second kappa shape index (κ2) is 11.3. The topological polar surface area (TPSA) is 70.4 Å². The number of nitrogens with one attached hydrogen (secondary N) is 2. The first-order valence-corrected chi connectivity index (χ1v) is 14.0. The molecular formula is C31H24Cl2N4O2S. The SMILES string of the molecule is O=C(CCN1C(=S)N[C@H](c2ccccn2)[C@H]1c1ccc(-c2ccc(Cl)cc2Cl)o1)Nc1cccc2ccccc12. The number of pyridine rings is 1. The monoisotopic (exact) mass is 586 g/mol. The molecule has 1 saturated heterocycles. The summed E-state index contributed by atoms with van der Waals surface area (Å²) in [7, 11) is 0. The summed E-state index contributed by atoms with van der Waals surface area (Å²) < 4.78 is 6.36. The standard InChI is InChI=1S/C31H24Cl2N4O2S/c32-20-11-12-22(23(33)18-20)26-13-14-27(39-26)30-29(25-9-3-4-16-34-25)36-31(40)37(30)17-15-28(38)35-24-10-5-7-19-6-1-2-8-21(19)24/h1-14,16,18,29-30H,15,17H2,(H,35,38)(H,36,40)/t29-,30-/m1/s1. The van der Waals surface area contributed by atoms with Crippen LogP contribution in [0.3, 0.4) is 0 Å². The van der Waals surface area contributed by atoms with E-state index in [-0.39, 0.29) is 24.4 Å². The predicted molar refractivity (Wildman–Crippen MR) is 164 cm³/mol. The van der Waals surface area contributed by atoms with Gasteiger partial charge in [-0.15, -0.1) is 0 Å². The maximum Gasteiger partial charge on any atom is 0.226 e. The Bertz CT molecular complexity index is 1700. The minimum atomic E-state index is -0.326. The van der Waals surface area contributed by atoms with Crippen LogP contribution in [0.1, 0.15) is 30.0 Å². The zero-order valence-corrected chi connectivity index (χ0v) is 23.5. The first-order chi connectivity index (χ1) is 19.5. The van der Waals surface area contributed by atoms with Gasteiger partial charge in [-0.05, 0) is 66.1 Å². The number of hydrogen-bond acceptors (Lipinski definition) is 4. The number of halogens is 2. The average Bonchev–Trinajstić information content (AvgIpc) is 3.57. The van der Waals surface area contributed by atoms with E-state index in [1.165, 1.54) is 0 Å². The zero-order chi connectivity index (χ0) is 27.6. The zero-order valence-electron chi connectivity index (χ0n) is 21.2. The van der Waals surface area contributed by atoms with Crippen molar-refractivity contribution in [3.8, 4) is 11.3 Å². The van der Waals surface area contributed by atoms with Crippen molar-refractivity contribution >= 4 is 62.9 Å². The lowest BCUT2D eigenvalue weighted by molar-refractivity contribution is -0.116. The highest BCUT2D eigenvalue weighted by Crippen LogP contribution is 2.41. The van der Waals surface area contributed by atoms with E-state index in [9.17, 15) is 4.79 Å². The summed E-state index contributed by atoms with van der Waals surface area (Å²) in [4.78, 5) is 19.7. The van der Waals surface area contributed by atoms with Crippen LogP contribution in [0.2, 0.25) is 10.0 Å². The van der Waals surface area contributed by atoms with E-state index in [0.29, 0.717) is 33.2 Å². The molecule has 0 bridgehead atoms. The van der Waals surface area contributed by atoms with Crippen LogP contribution in [0, 0.1) is 0 Å². The number of rotatable bonds is 7. The first kappa shape index (κ1) is 26.3. The lowest BCUT2D eigenvalue weighted by Crippen LogP contribution is -2.32. The Balaban J connectivity index is 1.26. The molecule has 1 aliphatic heterocycles. The molecule has 200 valence electrons. The van der Waals surface area contributed by atoms with Crippen LogP contribution in [-0.2, 0) is 4.79 Å². The Labute approximate surface area is 246 Å². The van der Waals surface area contributed by atoms with Crippen LogP contribution < -0.4 is 10.6 Å². The molecule has 6 nitrogen and oxygen atoms in total. The molecule has 3 heterocycles. The maximum atomic E-state index is 13.1. The van der Waals surface area contributed by atoms with Crippen molar-refractivity contribution in [2.75, 3.05) is 11.9 Å². The van der Waals surface area contributed by atoms with Crippen LogP contribution in [0.5, 0.6) is 0 Å². The van der Waals surface area contributed by atoms with Gasteiger partial charge in [0.15, 0.2) is 5.11 Å². The number of furan rings is 1. The molecule has 0 saturated carbocycles. The van der Waals surface area contributed by atoms with Crippen LogP contribution in [0.4, 0.5) is 5.69 Å². The van der Waals surface area contributed by atoms with E-state index in [4.69, 9.17) is 39.8 Å². The van der Waals surface area contributed by atoms with Gasteiger partial charge in [0.25, 0.3) is 0 Å². The van der Waals surface area contributed by atoms with Gasteiger partial charge in [-0.3, -0.25) is 9.78 Å². The number of nitrogens with zero attached hydrogens (tertiary/aromatic N) is 2. The van der Waals surface area contributed by atoms with Gasteiger partial charge in [0.05, 0.1) is 16.8 Å². The molecule has 9 heteroatoms. The van der Waals surface area contributed by atoms with Crippen molar-refractivity contribution in [3.05, 3.63) is 119 Å². The number of carbonyl (C=O) groups excluding carboxylic acids is 1. The summed E-state index contributed by atoms with van der Waals surface area (Å²) in [6.45, 7) is 0.383. The normalized spacial score (nSPS) is 16.8. The van der Waals surface area contributed by atoms with E-state index in [2.05, 4.69) is 15.6 Å². The molecule has 1 aliphatic rings. The number of hydrogen-bond donors (Lipinski definition) is 2. The van der Waals surface area contributed by atoms with E-state index in [0.717, 1.165) is 27.7 Å². The molecule has 2 N–H and O–H groups in total. The van der Waals surface area contributed by atoms with Gasteiger partial charge < -0.3 is 20.0 Å². The number of thiocarbonyl (C=S) groups is 1. The second-order valence-corrected chi connectivity index (χ2v) is 10.7. The highest BCUT2D eigenvalue weighted by atomic mass is 35.5.